The second-order valence-electron chi connectivity index (χ2n) is 6.36. The first kappa shape index (κ1) is 17.3. The maximum Gasteiger partial charge on any atom is 0.223 e. The van der Waals surface area contributed by atoms with E-state index >= 15 is 0 Å². The molecule has 1 aliphatic rings. The summed E-state index contributed by atoms with van der Waals surface area (Å²) in [6, 6.07) is 11.9. The Bertz CT molecular complexity index is 891. The van der Waals surface area contributed by atoms with E-state index in [1.807, 2.05) is 35.2 Å². The van der Waals surface area contributed by atoms with Crippen molar-refractivity contribution in [1.82, 2.24) is 9.88 Å². The van der Waals surface area contributed by atoms with E-state index in [0.717, 1.165) is 24.9 Å². The van der Waals surface area contributed by atoms with Crippen molar-refractivity contribution in [3.8, 4) is 11.3 Å². The molecule has 134 valence electrons. The number of amides is 1. The molecule has 3 aromatic rings. The van der Waals surface area contributed by atoms with Crippen molar-refractivity contribution >= 4 is 28.8 Å². The van der Waals surface area contributed by atoms with Gasteiger partial charge in [-0.15, -0.1) is 11.3 Å². The van der Waals surface area contributed by atoms with Crippen molar-refractivity contribution < 1.29 is 9.21 Å². The molecule has 1 fully saturated rings. The predicted molar refractivity (Wildman–Crippen MR) is 103 cm³/mol. The third-order valence-electron chi connectivity index (χ3n) is 4.69. The lowest BCUT2D eigenvalue weighted by atomic mass is 10.1. The van der Waals surface area contributed by atoms with E-state index in [1.54, 1.807) is 17.5 Å². The summed E-state index contributed by atoms with van der Waals surface area (Å²) in [7, 11) is 0. The SMILES string of the molecule is O=C(CCc1ncc(-c2ccccc2Cl)o1)N1CCCC1c1cccs1. The average molecular weight is 387 g/mol. The number of benzene rings is 1. The number of hydrogen-bond acceptors (Lipinski definition) is 4. The number of hydrogen-bond donors (Lipinski definition) is 0. The Labute approximate surface area is 161 Å². The fourth-order valence-electron chi connectivity index (χ4n) is 3.41. The average Bonchev–Trinajstić information content (AvgIpc) is 3.40. The zero-order valence-electron chi connectivity index (χ0n) is 14.2. The molecular weight excluding hydrogens is 368 g/mol. The summed E-state index contributed by atoms with van der Waals surface area (Å²) in [5.74, 6) is 1.37. The van der Waals surface area contributed by atoms with Crippen LogP contribution in [-0.2, 0) is 11.2 Å². The Morgan fingerprint density at radius 3 is 3.00 bits per heavy atom. The fraction of sp³-hybridized carbons (Fsp3) is 0.300. The Morgan fingerprint density at radius 2 is 2.19 bits per heavy atom. The van der Waals surface area contributed by atoms with Gasteiger partial charge in [0, 0.05) is 29.8 Å². The second kappa shape index (κ2) is 7.64. The van der Waals surface area contributed by atoms with Gasteiger partial charge in [0.15, 0.2) is 11.7 Å². The normalized spacial score (nSPS) is 17.0. The standard InChI is InChI=1S/C20H19ClN2O2S/c21-15-6-2-1-5-14(15)17-13-22-19(25-17)9-10-20(24)23-11-3-7-16(23)18-8-4-12-26-18/h1-2,4-6,8,12-13,16H,3,7,9-11H2. The maximum atomic E-state index is 12.7. The summed E-state index contributed by atoms with van der Waals surface area (Å²) >= 11 is 7.92. The van der Waals surface area contributed by atoms with E-state index < -0.39 is 0 Å². The molecule has 0 saturated carbocycles. The van der Waals surface area contributed by atoms with Crippen molar-refractivity contribution in [3.63, 3.8) is 0 Å². The first-order chi connectivity index (χ1) is 12.7. The van der Waals surface area contributed by atoms with Crippen LogP contribution in [-0.4, -0.2) is 22.3 Å². The van der Waals surface area contributed by atoms with Gasteiger partial charge in [-0.3, -0.25) is 4.79 Å². The van der Waals surface area contributed by atoms with Crippen molar-refractivity contribution in [2.24, 2.45) is 0 Å². The second-order valence-corrected chi connectivity index (χ2v) is 7.75. The molecule has 6 heteroatoms. The summed E-state index contributed by atoms with van der Waals surface area (Å²) in [4.78, 5) is 20.3. The van der Waals surface area contributed by atoms with E-state index in [1.165, 1.54) is 4.88 Å². The van der Waals surface area contributed by atoms with Gasteiger partial charge in [0.2, 0.25) is 5.91 Å². The first-order valence-corrected chi connectivity index (χ1v) is 10.0. The van der Waals surface area contributed by atoms with Crippen LogP contribution in [0.1, 0.15) is 36.1 Å². The highest BCUT2D eigenvalue weighted by Crippen LogP contribution is 2.35. The molecule has 1 unspecified atom stereocenters. The van der Waals surface area contributed by atoms with Gasteiger partial charge >= 0.3 is 0 Å². The number of rotatable bonds is 5. The maximum absolute atomic E-state index is 12.7. The van der Waals surface area contributed by atoms with E-state index in [9.17, 15) is 4.79 Å². The number of aryl methyl sites for hydroxylation is 1. The van der Waals surface area contributed by atoms with Gasteiger partial charge in [-0.05, 0) is 36.4 Å². The van der Waals surface area contributed by atoms with Crippen molar-refractivity contribution in [2.75, 3.05) is 6.54 Å². The number of likely N-dealkylation sites (tertiary alicyclic amines) is 1. The lowest BCUT2D eigenvalue weighted by Gasteiger charge is -2.23. The summed E-state index contributed by atoms with van der Waals surface area (Å²) in [5, 5.41) is 2.70. The van der Waals surface area contributed by atoms with Crippen LogP contribution < -0.4 is 0 Å². The predicted octanol–water partition coefficient (Wildman–Crippen LogP) is 5.35. The summed E-state index contributed by atoms with van der Waals surface area (Å²) in [6.07, 6.45) is 4.68. The highest BCUT2D eigenvalue weighted by Gasteiger charge is 2.30. The monoisotopic (exact) mass is 386 g/mol. The van der Waals surface area contributed by atoms with Crippen molar-refractivity contribution in [1.29, 1.82) is 0 Å². The van der Waals surface area contributed by atoms with Crippen molar-refractivity contribution in [3.05, 3.63) is 63.8 Å². The first-order valence-electron chi connectivity index (χ1n) is 8.75. The molecule has 0 bridgehead atoms. The minimum Gasteiger partial charge on any atom is -0.441 e. The highest BCUT2D eigenvalue weighted by molar-refractivity contribution is 7.10. The number of nitrogens with zero attached hydrogens (tertiary/aromatic N) is 2. The largest absolute Gasteiger partial charge is 0.441 e. The molecule has 1 amide bonds. The zero-order chi connectivity index (χ0) is 17.9. The molecule has 26 heavy (non-hydrogen) atoms. The Hall–Kier alpha value is -2.11. The quantitative estimate of drug-likeness (QED) is 0.593. The molecule has 1 aliphatic heterocycles. The Morgan fingerprint density at radius 1 is 1.31 bits per heavy atom. The van der Waals surface area contributed by atoms with Crippen LogP contribution >= 0.6 is 22.9 Å². The van der Waals surface area contributed by atoms with Gasteiger partial charge in [-0.1, -0.05) is 29.8 Å². The molecule has 0 radical (unpaired) electrons. The molecule has 1 saturated heterocycles. The number of carbonyl (C=O) groups excluding carboxylic acids is 1. The minimum atomic E-state index is 0.165. The van der Waals surface area contributed by atoms with Gasteiger partial charge in [-0.25, -0.2) is 4.98 Å². The lowest BCUT2D eigenvalue weighted by molar-refractivity contribution is -0.132. The van der Waals surface area contributed by atoms with E-state index in [-0.39, 0.29) is 11.9 Å². The third kappa shape index (κ3) is 3.55. The smallest absolute Gasteiger partial charge is 0.223 e. The molecule has 0 aliphatic carbocycles. The number of halogens is 1. The Balaban J connectivity index is 1.40. The molecule has 3 heterocycles. The number of aromatic nitrogens is 1. The molecule has 4 nitrogen and oxygen atoms in total. The van der Waals surface area contributed by atoms with E-state index in [2.05, 4.69) is 16.4 Å². The molecular formula is C20H19ClN2O2S. The Kier molecular flexibility index (Phi) is 5.09. The molecule has 4 rings (SSSR count). The molecule has 0 spiro atoms. The minimum absolute atomic E-state index is 0.165. The summed E-state index contributed by atoms with van der Waals surface area (Å²) in [6.45, 7) is 0.831. The van der Waals surface area contributed by atoms with Crippen LogP contribution in [0.25, 0.3) is 11.3 Å². The number of carbonyl (C=O) groups is 1. The van der Waals surface area contributed by atoms with Gasteiger partial charge in [0.25, 0.3) is 0 Å². The van der Waals surface area contributed by atoms with Crippen molar-refractivity contribution in [2.45, 2.75) is 31.7 Å². The molecule has 1 atom stereocenters. The summed E-state index contributed by atoms with van der Waals surface area (Å²) < 4.78 is 5.80. The van der Waals surface area contributed by atoms with Crippen LogP contribution in [0.4, 0.5) is 0 Å². The van der Waals surface area contributed by atoms with E-state index in [0.29, 0.717) is 29.5 Å². The topological polar surface area (TPSA) is 46.3 Å². The van der Waals surface area contributed by atoms with Gasteiger partial charge in [0.05, 0.1) is 17.3 Å². The fourth-order valence-corrected chi connectivity index (χ4v) is 4.51. The third-order valence-corrected chi connectivity index (χ3v) is 5.99. The molecule has 1 aromatic carbocycles. The van der Waals surface area contributed by atoms with Crippen LogP contribution in [0.5, 0.6) is 0 Å². The number of thiophene rings is 1. The van der Waals surface area contributed by atoms with Crippen LogP contribution in [0.2, 0.25) is 5.02 Å². The van der Waals surface area contributed by atoms with Crippen LogP contribution in [0.3, 0.4) is 0 Å². The highest BCUT2D eigenvalue weighted by atomic mass is 35.5. The number of oxazole rings is 1. The summed E-state index contributed by atoms with van der Waals surface area (Å²) in [5.41, 5.74) is 0.816. The van der Waals surface area contributed by atoms with Crippen LogP contribution in [0.15, 0.2) is 52.4 Å². The zero-order valence-corrected chi connectivity index (χ0v) is 15.8. The van der Waals surface area contributed by atoms with Gasteiger partial charge in [0.1, 0.15) is 0 Å². The van der Waals surface area contributed by atoms with E-state index in [4.69, 9.17) is 16.0 Å². The lowest BCUT2D eigenvalue weighted by Crippen LogP contribution is -2.30. The van der Waals surface area contributed by atoms with Gasteiger partial charge < -0.3 is 9.32 Å². The molecule has 0 N–H and O–H groups in total. The van der Waals surface area contributed by atoms with Crippen LogP contribution in [0, 0.1) is 0 Å². The van der Waals surface area contributed by atoms with Gasteiger partial charge in [-0.2, -0.15) is 0 Å². The molecule has 2 aromatic heterocycles.